The molecule has 4 aromatic rings. The maximum absolute atomic E-state index is 4.44. The number of nitrogens with one attached hydrogen (secondary N) is 1. The highest BCUT2D eigenvalue weighted by Crippen LogP contribution is 2.27. The van der Waals surface area contributed by atoms with Crippen molar-refractivity contribution >= 4 is 33.1 Å². The number of benzene rings is 1. The monoisotopic (exact) mass is 319 g/mol. The molecule has 0 spiro atoms. The summed E-state index contributed by atoms with van der Waals surface area (Å²) in [5, 5.41) is 6.39. The van der Waals surface area contributed by atoms with Crippen molar-refractivity contribution in [3.63, 3.8) is 0 Å². The zero-order chi connectivity index (χ0) is 15.6. The van der Waals surface area contributed by atoms with E-state index in [4.69, 9.17) is 0 Å². The third kappa shape index (κ3) is 2.76. The van der Waals surface area contributed by atoms with Crippen LogP contribution in [0.4, 0.5) is 11.5 Å². The Balaban J connectivity index is 1.62. The van der Waals surface area contributed by atoms with Gasteiger partial charge in [-0.25, -0.2) is 19.9 Å². The maximum Gasteiger partial charge on any atom is 0.159 e. The second-order valence-electron chi connectivity index (χ2n) is 5.09. The second-order valence-corrected chi connectivity index (χ2v) is 5.98. The van der Waals surface area contributed by atoms with Gasteiger partial charge in [-0.15, -0.1) is 11.3 Å². The lowest BCUT2D eigenvalue weighted by Crippen LogP contribution is -1.95. The van der Waals surface area contributed by atoms with E-state index in [0.29, 0.717) is 0 Å². The minimum atomic E-state index is 0.735. The fraction of sp³-hybridized carbons (Fsp3) is 0.0588. The summed E-state index contributed by atoms with van der Waals surface area (Å²) in [6, 6.07) is 11.9. The van der Waals surface area contributed by atoms with E-state index < -0.39 is 0 Å². The van der Waals surface area contributed by atoms with Gasteiger partial charge in [-0.05, 0) is 48.7 Å². The Kier molecular flexibility index (Phi) is 3.44. The molecule has 0 radical (unpaired) electrons. The summed E-state index contributed by atoms with van der Waals surface area (Å²) in [5.41, 5.74) is 2.91. The normalized spacial score (nSPS) is 10.8. The summed E-state index contributed by atoms with van der Waals surface area (Å²) in [4.78, 5) is 18.3. The lowest BCUT2D eigenvalue weighted by molar-refractivity contribution is 1.11. The topological polar surface area (TPSA) is 63.6 Å². The van der Waals surface area contributed by atoms with Crippen LogP contribution in [-0.2, 0) is 0 Å². The van der Waals surface area contributed by atoms with E-state index in [-0.39, 0.29) is 0 Å². The summed E-state index contributed by atoms with van der Waals surface area (Å²) in [7, 11) is 0. The highest BCUT2D eigenvalue weighted by molar-refractivity contribution is 7.16. The van der Waals surface area contributed by atoms with Gasteiger partial charge >= 0.3 is 0 Å². The molecule has 23 heavy (non-hydrogen) atoms. The lowest BCUT2D eigenvalue weighted by atomic mass is 10.2. The molecule has 3 aromatic heterocycles. The van der Waals surface area contributed by atoms with Crippen LogP contribution in [0, 0.1) is 6.92 Å². The van der Waals surface area contributed by atoms with Crippen LogP contribution in [0.2, 0.25) is 0 Å². The number of thiophene rings is 1. The quantitative estimate of drug-likeness (QED) is 0.613. The van der Waals surface area contributed by atoms with Crippen molar-refractivity contribution in [2.75, 3.05) is 5.32 Å². The third-order valence-corrected chi connectivity index (χ3v) is 4.28. The highest BCUT2D eigenvalue weighted by atomic mass is 32.1. The maximum atomic E-state index is 4.44. The van der Waals surface area contributed by atoms with E-state index in [9.17, 15) is 0 Å². The number of hydrogen-bond acceptors (Lipinski definition) is 6. The van der Waals surface area contributed by atoms with Gasteiger partial charge < -0.3 is 5.32 Å². The first kappa shape index (κ1) is 13.8. The SMILES string of the molecule is Cc1ccnc(-c2ccc(Nc3ncnc4sccc34)cc2)n1. The molecule has 1 N–H and O–H groups in total. The molecular weight excluding hydrogens is 306 g/mol. The van der Waals surface area contributed by atoms with Crippen molar-refractivity contribution in [3.8, 4) is 11.4 Å². The minimum Gasteiger partial charge on any atom is -0.340 e. The summed E-state index contributed by atoms with van der Waals surface area (Å²) in [5.74, 6) is 1.55. The molecule has 0 aliphatic heterocycles. The van der Waals surface area contributed by atoms with Gasteiger partial charge in [0.1, 0.15) is 17.0 Å². The van der Waals surface area contributed by atoms with Gasteiger partial charge in [-0.2, -0.15) is 0 Å². The smallest absolute Gasteiger partial charge is 0.159 e. The van der Waals surface area contributed by atoms with E-state index in [0.717, 1.165) is 38.8 Å². The molecular formula is C17H13N5S. The van der Waals surface area contributed by atoms with Crippen molar-refractivity contribution in [2.45, 2.75) is 6.92 Å². The lowest BCUT2D eigenvalue weighted by Gasteiger charge is -2.07. The molecule has 3 heterocycles. The molecule has 0 bridgehead atoms. The molecule has 0 saturated carbocycles. The summed E-state index contributed by atoms with van der Waals surface area (Å²) in [6.07, 6.45) is 3.36. The van der Waals surface area contributed by atoms with Gasteiger partial charge in [-0.3, -0.25) is 0 Å². The van der Waals surface area contributed by atoms with Gasteiger partial charge in [-0.1, -0.05) is 0 Å². The predicted molar refractivity (Wildman–Crippen MR) is 92.9 cm³/mol. The Morgan fingerprint density at radius 3 is 2.65 bits per heavy atom. The molecule has 0 fully saturated rings. The predicted octanol–water partition coefficient (Wildman–Crippen LogP) is 4.20. The molecule has 0 atom stereocenters. The molecule has 0 amide bonds. The molecule has 6 heteroatoms. The first-order valence-corrected chi connectivity index (χ1v) is 8.03. The first-order valence-electron chi connectivity index (χ1n) is 7.15. The zero-order valence-electron chi connectivity index (χ0n) is 12.4. The largest absolute Gasteiger partial charge is 0.340 e. The Bertz CT molecular complexity index is 962. The summed E-state index contributed by atoms with van der Waals surface area (Å²) >= 11 is 1.61. The van der Waals surface area contributed by atoms with Gasteiger partial charge in [0.05, 0.1) is 5.39 Å². The van der Waals surface area contributed by atoms with E-state index in [1.807, 2.05) is 48.7 Å². The van der Waals surface area contributed by atoms with Crippen LogP contribution in [0.1, 0.15) is 5.69 Å². The van der Waals surface area contributed by atoms with Crippen LogP contribution >= 0.6 is 11.3 Å². The molecule has 112 valence electrons. The van der Waals surface area contributed by atoms with Gasteiger partial charge in [0.2, 0.25) is 0 Å². The Hall–Kier alpha value is -2.86. The van der Waals surface area contributed by atoms with Crippen molar-refractivity contribution in [3.05, 3.63) is 60.0 Å². The van der Waals surface area contributed by atoms with Crippen molar-refractivity contribution < 1.29 is 0 Å². The zero-order valence-corrected chi connectivity index (χ0v) is 13.2. The van der Waals surface area contributed by atoms with Crippen LogP contribution in [0.3, 0.4) is 0 Å². The molecule has 0 aliphatic rings. The average Bonchev–Trinajstić information content (AvgIpc) is 3.05. The van der Waals surface area contributed by atoms with E-state index >= 15 is 0 Å². The van der Waals surface area contributed by atoms with E-state index in [1.54, 1.807) is 23.9 Å². The Morgan fingerprint density at radius 1 is 0.957 bits per heavy atom. The minimum absolute atomic E-state index is 0.735. The fourth-order valence-corrected chi connectivity index (χ4v) is 3.05. The average molecular weight is 319 g/mol. The summed E-state index contributed by atoms with van der Waals surface area (Å²) < 4.78 is 0. The molecule has 5 nitrogen and oxygen atoms in total. The van der Waals surface area contributed by atoms with Crippen LogP contribution < -0.4 is 5.32 Å². The van der Waals surface area contributed by atoms with Crippen LogP contribution in [-0.4, -0.2) is 19.9 Å². The number of hydrogen-bond donors (Lipinski definition) is 1. The van der Waals surface area contributed by atoms with Crippen LogP contribution in [0.5, 0.6) is 0 Å². The number of aryl methyl sites for hydroxylation is 1. The van der Waals surface area contributed by atoms with Crippen molar-refractivity contribution in [1.29, 1.82) is 0 Å². The summed E-state index contributed by atoms with van der Waals surface area (Å²) in [6.45, 7) is 1.96. The number of aromatic nitrogens is 4. The van der Waals surface area contributed by atoms with Crippen LogP contribution in [0.25, 0.3) is 21.6 Å². The first-order chi connectivity index (χ1) is 11.3. The van der Waals surface area contributed by atoms with Crippen molar-refractivity contribution in [1.82, 2.24) is 19.9 Å². The molecule has 4 rings (SSSR count). The number of rotatable bonds is 3. The van der Waals surface area contributed by atoms with Crippen LogP contribution in [0.15, 0.2) is 54.3 Å². The number of fused-ring (bicyclic) bond motifs is 1. The third-order valence-electron chi connectivity index (χ3n) is 3.46. The Morgan fingerprint density at radius 2 is 1.83 bits per heavy atom. The highest BCUT2D eigenvalue weighted by Gasteiger charge is 2.06. The number of anilines is 2. The Labute approximate surface area is 137 Å². The van der Waals surface area contributed by atoms with E-state index in [1.165, 1.54) is 0 Å². The second kappa shape index (κ2) is 5.73. The standard InChI is InChI=1S/C17H13N5S/c1-11-6-8-18-15(21-11)12-2-4-13(5-3-12)22-16-14-7-9-23-17(14)20-10-19-16/h2-10H,1H3,(H,19,20,22). The number of nitrogens with zero attached hydrogens (tertiary/aromatic N) is 4. The fourth-order valence-electron chi connectivity index (χ4n) is 2.32. The van der Waals surface area contributed by atoms with Gasteiger partial charge in [0, 0.05) is 23.1 Å². The van der Waals surface area contributed by atoms with Crippen molar-refractivity contribution in [2.24, 2.45) is 0 Å². The molecule has 0 unspecified atom stereocenters. The van der Waals surface area contributed by atoms with Gasteiger partial charge in [0.25, 0.3) is 0 Å². The molecule has 0 aliphatic carbocycles. The molecule has 0 saturated heterocycles. The van der Waals surface area contributed by atoms with E-state index in [2.05, 4.69) is 25.3 Å². The van der Waals surface area contributed by atoms with Gasteiger partial charge in [0.15, 0.2) is 5.82 Å². The molecule has 1 aromatic carbocycles.